The van der Waals surface area contributed by atoms with Crippen LogP contribution in [0.2, 0.25) is 0 Å². The molecule has 6 heteroatoms. The first-order valence-corrected chi connectivity index (χ1v) is 12.8. The number of carbonyl (C=O) groups is 2. The van der Waals surface area contributed by atoms with Crippen molar-refractivity contribution >= 4 is 34.5 Å². The van der Waals surface area contributed by atoms with Crippen molar-refractivity contribution in [2.24, 2.45) is 17.3 Å². The fraction of sp³-hybridized carbons (Fsp3) is 0.692. The van der Waals surface area contributed by atoms with E-state index in [2.05, 4.69) is 34.3 Å². The SMILES string of the molecule is C=C(CC(C)(C)C)c1cc(N(C(=O)C2CCC(C)CC2)C2CCC(O)CC2)c(C(=O)O)s1. The zero-order valence-electron chi connectivity index (χ0n) is 20.0. The van der Waals surface area contributed by atoms with Crippen molar-refractivity contribution < 1.29 is 19.8 Å². The normalized spacial score (nSPS) is 26.5. The number of aliphatic hydroxyl groups is 1. The number of amides is 1. The Labute approximate surface area is 196 Å². The number of anilines is 1. The molecule has 2 aliphatic carbocycles. The Balaban J connectivity index is 1.98. The minimum Gasteiger partial charge on any atom is -0.477 e. The molecule has 2 aliphatic rings. The zero-order chi connectivity index (χ0) is 23.6. The topological polar surface area (TPSA) is 77.8 Å². The van der Waals surface area contributed by atoms with Gasteiger partial charge in [-0.15, -0.1) is 11.3 Å². The molecule has 3 rings (SSSR count). The Morgan fingerprint density at radius 1 is 1.09 bits per heavy atom. The lowest BCUT2D eigenvalue weighted by Crippen LogP contribution is -2.47. The van der Waals surface area contributed by atoms with Crippen LogP contribution in [0.15, 0.2) is 12.6 Å². The molecule has 0 atom stereocenters. The Kier molecular flexibility index (Phi) is 7.87. The highest BCUT2D eigenvalue weighted by Gasteiger charge is 2.37. The van der Waals surface area contributed by atoms with E-state index in [-0.39, 0.29) is 34.3 Å². The van der Waals surface area contributed by atoms with Gasteiger partial charge in [0.1, 0.15) is 4.88 Å². The van der Waals surface area contributed by atoms with Crippen molar-refractivity contribution in [3.63, 3.8) is 0 Å². The molecule has 1 aromatic rings. The van der Waals surface area contributed by atoms with E-state index in [9.17, 15) is 19.8 Å². The van der Waals surface area contributed by atoms with Crippen molar-refractivity contribution in [1.82, 2.24) is 0 Å². The molecule has 1 aromatic heterocycles. The highest BCUT2D eigenvalue weighted by molar-refractivity contribution is 7.15. The van der Waals surface area contributed by atoms with E-state index < -0.39 is 5.97 Å². The van der Waals surface area contributed by atoms with Crippen molar-refractivity contribution in [3.8, 4) is 0 Å². The summed E-state index contributed by atoms with van der Waals surface area (Å²) in [5.41, 5.74) is 1.48. The van der Waals surface area contributed by atoms with Crippen LogP contribution in [0.4, 0.5) is 5.69 Å². The Morgan fingerprint density at radius 3 is 2.22 bits per heavy atom. The summed E-state index contributed by atoms with van der Waals surface area (Å²) in [6.07, 6.45) is 6.92. The van der Waals surface area contributed by atoms with Crippen LogP contribution in [0.1, 0.15) is 100 Å². The van der Waals surface area contributed by atoms with Crippen LogP contribution in [0.5, 0.6) is 0 Å². The molecule has 0 unspecified atom stereocenters. The van der Waals surface area contributed by atoms with Crippen molar-refractivity contribution in [2.45, 2.75) is 97.6 Å². The summed E-state index contributed by atoms with van der Waals surface area (Å²) < 4.78 is 0. The summed E-state index contributed by atoms with van der Waals surface area (Å²) in [4.78, 5) is 28.9. The molecule has 32 heavy (non-hydrogen) atoms. The Morgan fingerprint density at radius 2 is 1.69 bits per heavy atom. The van der Waals surface area contributed by atoms with Crippen molar-refractivity contribution in [2.75, 3.05) is 4.90 Å². The number of thiophene rings is 1. The lowest BCUT2D eigenvalue weighted by molar-refractivity contribution is -0.124. The number of carboxylic acids is 1. The van der Waals surface area contributed by atoms with E-state index in [0.29, 0.717) is 37.3 Å². The molecular formula is C26H39NO4S. The third-order valence-electron chi connectivity index (χ3n) is 6.89. The molecule has 0 spiro atoms. The number of hydrogen-bond donors (Lipinski definition) is 2. The van der Waals surface area contributed by atoms with Gasteiger partial charge in [-0.1, -0.05) is 34.3 Å². The van der Waals surface area contributed by atoms with Gasteiger partial charge in [-0.2, -0.15) is 0 Å². The largest absolute Gasteiger partial charge is 0.477 e. The average Bonchev–Trinajstić information content (AvgIpc) is 3.14. The van der Waals surface area contributed by atoms with Gasteiger partial charge in [0.25, 0.3) is 0 Å². The predicted molar refractivity (Wildman–Crippen MR) is 131 cm³/mol. The van der Waals surface area contributed by atoms with E-state index >= 15 is 0 Å². The number of allylic oxidation sites excluding steroid dienone is 1. The van der Waals surface area contributed by atoms with Crippen LogP contribution in [0.3, 0.4) is 0 Å². The fourth-order valence-electron chi connectivity index (χ4n) is 5.13. The summed E-state index contributed by atoms with van der Waals surface area (Å²) in [6, 6.07) is 1.82. The van der Waals surface area contributed by atoms with Gasteiger partial charge < -0.3 is 15.1 Å². The quantitative estimate of drug-likeness (QED) is 0.517. The van der Waals surface area contributed by atoms with E-state index in [1.165, 1.54) is 11.3 Å². The first-order chi connectivity index (χ1) is 15.0. The highest BCUT2D eigenvalue weighted by atomic mass is 32.1. The first-order valence-electron chi connectivity index (χ1n) is 12.0. The highest BCUT2D eigenvalue weighted by Crippen LogP contribution is 2.42. The van der Waals surface area contributed by atoms with Gasteiger partial charge in [-0.3, -0.25) is 4.79 Å². The van der Waals surface area contributed by atoms with Crippen molar-refractivity contribution in [3.05, 3.63) is 22.4 Å². The monoisotopic (exact) mass is 461 g/mol. The molecule has 1 amide bonds. The molecule has 1 heterocycles. The van der Waals surface area contributed by atoms with E-state index in [1.807, 2.05) is 6.07 Å². The number of carboxylic acid groups (broad SMARTS) is 1. The van der Waals surface area contributed by atoms with Gasteiger partial charge in [-0.25, -0.2) is 4.79 Å². The van der Waals surface area contributed by atoms with Gasteiger partial charge in [-0.05, 0) is 80.8 Å². The second kappa shape index (κ2) is 10.1. The second-order valence-corrected chi connectivity index (χ2v) is 12.2. The first kappa shape index (κ1) is 25.0. The van der Waals surface area contributed by atoms with E-state index in [1.54, 1.807) is 4.90 Å². The van der Waals surface area contributed by atoms with Crippen LogP contribution < -0.4 is 4.90 Å². The van der Waals surface area contributed by atoms with Gasteiger partial charge >= 0.3 is 5.97 Å². The summed E-state index contributed by atoms with van der Waals surface area (Å²) in [5, 5.41) is 20.0. The van der Waals surface area contributed by atoms with E-state index in [0.717, 1.165) is 42.6 Å². The molecule has 0 radical (unpaired) electrons. The molecule has 5 nitrogen and oxygen atoms in total. The zero-order valence-corrected chi connectivity index (χ0v) is 20.8. The Hall–Kier alpha value is -1.66. The fourth-order valence-corrected chi connectivity index (χ4v) is 6.09. The molecular weight excluding hydrogens is 422 g/mol. The minimum atomic E-state index is -0.995. The molecule has 0 saturated heterocycles. The van der Waals surface area contributed by atoms with E-state index in [4.69, 9.17) is 0 Å². The predicted octanol–water partition coefficient (Wildman–Crippen LogP) is 6.36. The lowest BCUT2D eigenvalue weighted by atomic mass is 9.81. The molecule has 0 aliphatic heterocycles. The maximum absolute atomic E-state index is 13.8. The molecule has 0 aromatic carbocycles. The molecule has 2 fully saturated rings. The van der Waals surface area contributed by atoms with Gasteiger partial charge in [0.05, 0.1) is 11.8 Å². The number of nitrogens with zero attached hydrogens (tertiary/aromatic N) is 1. The molecule has 2 N–H and O–H groups in total. The number of rotatable bonds is 6. The minimum absolute atomic E-state index is 0.0401. The molecule has 2 saturated carbocycles. The lowest BCUT2D eigenvalue weighted by Gasteiger charge is -2.38. The smallest absolute Gasteiger partial charge is 0.348 e. The number of hydrogen-bond acceptors (Lipinski definition) is 4. The summed E-state index contributed by atoms with van der Waals surface area (Å²) in [7, 11) is 0. The van der Waals surface area contributed by atoms with Crippen LogP contribution in [0.25, 0.3) is 5.57 Å². The summed E-state index contributed by atoms with van der Waals surface area (Å²) in [5.74, 6) is -0.349. The Bertz CT molecular complexity index is 836. The number of carbonyl (C=O) groups excluding carboxylic acids is 1. The molecule has 0 bridgehead atoms. The number of aromatic carboxylic acids is 1. The van der Waals surface area contributed by atoms with Crippen LogP contribution >= 0.6 is 11.3 Å². The van der Waals surface area contributed by atoms with Crippen LogP contribution in [-0.2, 0) is 4.79 Å². The second-order valence-electron chi connectivity index (χ2n) is 11.1. The summed E-state index contributed by atoms with van der Waals surface area (Å²) >= 11 is 1.23. The van der Waals surface area contributed by atoms with Gasteiger partial charge in [0.2, 0.25) is 5.91 Å². The maximum Gasteiger partial charge on any atom is 0.348 e. The molecule has 178 valence electrons. The van der Waals surface area contributed by atoms with Crippen LogP contribution in [-0.4, -0.2) is 34.2 Å². The van der Waals surface area contributed by atoms with Gasteiger partial charge in [0.15, 0.2) is 0 Å². The van der Waals surface area contributed by atoms with Gasteiger partial charge in [0, 0.05) is 16.8 Å². The standard InChI is InChI=1S/C26H39NO4S/c1-16-6-8-18(9-7-16)24(29)27(19-10-12-20(28)13-11-19)21-14-22(32-23(21)25(30)31)17(2)15-26(3,4)5/h14,16,18-20,28H,2,6-13,15H2,1,3-5H3,(H,30,31). The summed E-state index contributed by atoms with van der Waals surface area (Å²) in [6.45, 7) is 12.9. The number of aliphatic hydroxyl groups excluding tert-OH is 1. The third-order valence-corrected chi connectivity index (χ3v) is 8.11. The third kappa shape index (κ3) is 6.02. The van der Waals surface area contributed by atoms with Crippen LogP contribution in [0, 0.1) is 17.3 Å². The maximum atomic E-state index is 13.8. The average molecular weight is 462 g/mol. The van der Waals surface area contributed by atoms with Crippen molar-refractivity contribution in [1.29, 1.82) is 0 Å².